The average molecular weight is 418 g/mol. The molecule has 6 nitrogen and oxygen atoms in total. The van der Waals surface area contributed by atoms with E-state index in [0.717, 1.165) is 54.7 Å². The predicted molar refractivity (Wildman–Crippen MR) is 121 cm³/mol. The van der Waals surface area contributed by atoms with Crippen LogP contribution >= 0.6 is 11.3 Å². The van der Waals surface area contributed by atoms with Gasteiger partial charge in [-0.2, -0.15) is 0 Å². The van der Waals surface area contributed by atoms with Crippen molar-refractivity contribution >= 4 is 27.4 Å². The van der Waals surface area contributed by atoms with E-state index in [0.29, 0.717) is 6.54 Å². The molecule has 3 aromatic heterocycles. The Morgan fingerprint density at radius 1 is 1.00 bits per heavy atom. The molecule has 152 valence electrons. The number of morpholine rings is 1. The summed E-state index contributed by atoms with van der Waals surface area (Å²) in [5, 5.41) is 6.84. The van der Waals surface area contributed by atoms with Gasteiger partial charge in [-0.1, -0.05) is 30.3 Å². The standard InChI is InChI=1S/C23H23N5OS/c1-2-4-18(5-3-1)19-16-30-23-21(19)22(25-14-17-6-8-24-9-7-17)26-20(27-23)15-28-10-12-29-13-11-28/h1-9,16H,10-15H2,(H,25,26,27). The second-order valence-corrected chi connectivity index (χ2v) is 8.14. The smallest absolute Gasteiger partial charge is 0.146 e. The molecule has 4 heterocycles. The van der Waals surface area contributed by atoms with E-state index in [2.05, 4.69) is 44.8 Å². The average Bonchev–Trinajstić information content (AvgIpc) is 3.24. The normalized spacial score (nSPS) is 14.8. The van der Waals surface area contributed by atoms with E-state index < -0.39 is 0 Å². The maximum absolute atomic E-state index is 5.47. The molecule has 4 aromatic rings. The molecule has 7 heteroatoms. The number of pyridine rings is 1. The molecule has 5 rings (SSSR count). The maximum Gasteiger partial charge on any atom is 0.146 e. The lowest BCUT2D eigenvalue weighted by atomic mass is 10.1. The third-order valence-corrected chi connectivity index (χ3v) is 6.11. The Morgan fingerprint density at radius 3 is 2.60 bits per heavy atom. The molecule has 0 saturated carbocycles. The van der Waals surface area contributed by atoms with Crippen molar-refractivity contribution in [2.75, 3.05) is 31.6 Å². The van der Waals surface area contributed by atoms with E-state index in [-0.39, 0.29) is 0 Å². The molecular formula is C23H23N5OS. The van der Waals surface area contributed by atoms with Gasteiger partial charge in [-0.3, -0.25) is 9.88 Å². The minimum absolute atomic E-state index is 0.690. The van der Waals surface area contributed by atoms with Gasteiger partial charge in [0.2, 0.25) is 0 Å². The Hall–Kier alpha value is -2.87. The number of fused-ring (bicyclic) bond motifs is 1. The molecular weight excluding hydrogens is 394 g/mol. The lowest BCUT2D eigenvalue weighted by Gasteiger charge is -2.25. The van der Waals surface area contributed by atoms with Gasteiger partial charge in [-0.25, -0.2) is 9.97 Å². The van der Waals surface area contributed by atoms with E-state index in [1.807, 2.05) is 30.6 Å². The van der Waals surface area contributed by atoms with Crippen LogP contribution < -0.4 is 5.32 Å². The first-order valence-electron chi connectivity index (χ1n) is 10.1. The summed E-state index contributed by atoms with van der Waals surface area (Å²) in [6, 6.07) is 14.5. The molecule has 1 aliphatic rings. The van der Waals surface area contributed by atoms with Crippen molar-refractivity contribution in [3.05, 3.63) is 71.6 Å². The number of ether oxygens (including phenoxy) is 1. The summed E-state index contributed by atoms with van der Waals surface area (Å²) in [7, 11) is 0. The largest absolute Gasteiger partial charge is 0.379 e. The van der Waals surface area contributed by atoms with Crippen molar-refractivity contribution < 1.29 is 4.74 Å². The van der Waals surface area contributed by atoms with Gasteiger partial charge in [-0.05, 0) is 23.3 Å². The Balaban J connectivity index is 1.52. The van der Waals surface area contributed by atoms with Gasteiger partial charge < -0.3 is 10.1 Å². The fraction of sp³-hybridized carbons (Fsp3) is 0.261. The topological polar surface area (TPSA) is 63.2 Å². The lowest BCUT2D eigenvalue weighted by Crippen LogP contribution is -2.36. The Labute approximate surface area is 179 Å². The molecule has 1 fully saturated rings. The van der Waals surface area contributed by atoms with Crippen LogP contribution in [0, 0.1) is 0 Å². The number of rotatable bonds is 6. The van der Waals surface area contributed by atoms with Gasteiger partial charge in [0.15, 0.2) is 0 Å². The molecule has 1 aliphatic heterocycles. The maximum atomic E-state index is 5.47. The van der Waals surface area contributed by atoms with E-state index in [1.165, 1.54) is 16.7 Å². The van der Waals surface area contributed by atoms with Crippen molar-refractivity contribution in [1.82, 2.24) is 19.9 Å². The minimum Gasteiger partial charge on any atom is -0.379 e. The van der Waals surface area contributed by atoms with Crippen LogP contribution in [0.2, 0.25) is 0 Å². The van der Waals surface area contributed by atoms with Gasteiger partial charge in [0, 0.05) is 43.0 Å². The molecule has 0 radical (unpaired) electrons. The number of hydrogen-bond donors (Lipinski definition) is 1. The van der Waals surface area contributed by atoms with Gasteiger partial charge in [0.1, 0.15) is 16.5 Å². The highest BCUT2D eigenvalue weighted by Gasteiger charge is 2.18. The van der Waals surface area contributed by atoms with Gasteiger partial charge in [0.05, 0.1) is 25.1 Å². The van der Waals surface area contributed by atoms with Crippen LogP contribution in [0.15, 0.2) is 60.2 Å². The van der Waals surface area contributed by atoms with Crippen molar-refractivity contribution in [2.45, 2.75) is 13.1 Å². The number of hydrogen-bond acceptors (Lipinski definition) is 7. The number of aromatic nitrogens is 3. The van der Waals surface area contributed by atoms with Crippen LogP contribution in [0.4, 0.5) is 5.82 Å². The first kappa shape index (κ1) is 19.1. The highest BCUT2D eigenvalue weighted by molar-refractivity contribution is 7.17. The van der Waals surface area contributed by atoms with E-state index in [9.17, 15) is 0 Å². The molecule has 0 spiro atoms. The fourth-order valence-corrected chi connectivity index (χ4v) is 4.63. The monoisotopic (exact) mass is 417 g/mol. The second kappa shape index (κ2) is 8.87. The summed E-state index contributed by atoms with van der Waals surface area (Å²) < 4.78 is 5.47. The first-order chi connectivity index (χ1) is 14.9. The number of benzene rings is 1. The van der Waals surface area contributed by atoms with Crippen LogP contribution in [-0.4, -0.2) is 46.2 Å². The molecule has 0 amide bonds. The molecule has 0 atom stereocenters. The Morgan fingerprint density at radius 2 is 1.80 bits per heavy atom. The number of nitrogens with one attached hydrogen (secondary N) is 1. The van der Waals surface area contributed by atoms with Crippen LogP contribution in [0.25, 0.3) is 21.3 Å². The third kappa shape index (κ3) is 4.18. The zero-order chi connectivity index (χ0) is 20.2. The molecule has 1 N–H and O–H groups in total. The van der Waals surface area contributed by atoms with Crippen LogP contribution in [0.3, 0.4) is 0 Å². The predicted octanol–water partition coefficient (Wildman–Crippen LogP) is 4.20. The summed E-state index contributed by atoms with van der Waals surface area (Å²) in [5.74, 6) is 1.74. The van der Waals surface area contributed by atoms with Crippen LogP contribution in [0.5, 0.6) is 0 Å². The van der Waals surface area contributed by atoms with Crippen molar-refractivity contribution in [1.29, 1.82) is 0 Å². The molecule has 0 unspecified atom stereocenters. The third-order valence-electron chi connectivity index (χ3n) is 5.24. The van der Waals surface area contributed by atoms with Crippen molar-refractivity contribution in [3.8, 4) is 11.1 Å². The zero-order valence-corrected chi connectivity index (χ0v) is 17.4. The molecule has 1 saturated heterocycles. The highest BCUT2D eigenvalue weighted by Crippen LogP contribution is 2.37. The van der Waals surface area contributed by atoms with E-state index >= 15 is 0 Å². The van der Waals surface area contributed by atoms with Gasteiger partial charge in [-0.15, -0.1) is 11.3 Å². The van der Waals surface area contributed by atoms with Crippen molar-refractivity contribution in [3.63, 3.8) is 0 Å². The molecule has 1 aromatic carbocycles. The zero-order valence-electron chi connectivity index (χ0n) is 16.6. The first-order valence-corrected chi connectivity index (χ1v) is 11.0. The lowest BCUT2D eigenvalue weighted by molar-refractivity contribution is 0.0331. The van der Waals surface area contributed by atoms with Gasteiger partial charge in [0.25, 0.3) is 0 Å². The summed E-state index contributed by atoms with van der Waals surface area (Å²) in [6.45, 7) is 4.80. The molecule has 0 aliphatic carbocycles. The van der Waals surface area contributed by atoms with E-state index in [1.54, 1.807) is 11.3 Å². The second-order valence-electron chi connectivity index (χ2n) is 7.28. The minimum atomic E-state index is 0.690. The van der Waals surface area contributed by atoms with Crippen LogP contribution in [-0.2, 0) is 17.8 Å². The van der Waals surface area contributed by atoms with Gasteiger partial charge >= 0.3 is 0 Å². The quantitative estimate of drug-likeness (QED) is 0.507. The highest BCUT2D eigenvalue weighted by atomic mass is 32.1. The fourth-order valence-electron chi connectivity index (χ4n) is 3.66. The number of anilines is 1. The number of thiophene rings is 1. The van der Waals surface area contributed by atoms with Crippen LogP contribution in [0.1, 0.15) is 11.4 Å². The summed E-state index contributed by atoms with van der Waals surface area (Å²) >= 11 is 1.68. The Bertz CT molecular complexity index is 1110. The summed E-state index contributed by atoms with van der Waals surface area (Å²) in [6.07, 6.45) is 3.63. The Kier molecular flexibility index (Phi) is 5.65. The van der Waals surface area contributed by atoms with E-state index in [4.69, 9.17) is 14.7 Å². The summed E-state index contributed by atoms with van der Waals surface area (Å²) in [4.78, 5) is 17.3. The number of nitrogens with zero attached hydrogens (tertiary/aromatic N) is 4. The SMILES string of the molecule is c1ccc(-c2csc3nc(CN4CCOCC4)nc(NCc4ccncc4)c23)cc1. The van der Waals surface area contributed by atoms with Crippen molar-refractivity contribution in [2.24, 2.45) is 0 Å². The summed E-state index contributed by atoms with van der Waals surface area (Å²) in [5.41, 5.74) is 3.52. The molecule has 30 heavy (non-hydrogen) atoms. The molecule has 0 bridgehead atoms.